The average molecular weight is 277 g/mol. The molecule has 0 aliphatic carbocycles. The lowest BCUT2D eigenvalue weighted by molar-refractivity contribution is -0.141. The molecule has 110 valence electrons. The highest BCUT2D eigenvalue weighted by Crippen LogP contribution is 2.21. The Morgan fingerprint density at radius 1 is 1.50 bits per heavy atom. The van der Waals surface area contributed by atoms with Gasteiger partial charge in [-0.05, 0) is 38.8 Å². The maximum atomic E-state index is 11.4. The van der Waals surface area contributed by atoms with Crippen LogP contribution in [0.2, 0.25) is 0 Å². The van der Waals surface area contributed by atoms with Gasteiger partial charge in [0.25, 0.3) is 0 Å². The Balaban J connectivity index is 1.43. The molecule has 0 saturated carbocycles. The van der Waals surface area contributed by atoms with E-state index in [0.717, 1.165) is 38.9 Å². The molecule has 0 N–H and O–H groups in total. The minimum atomic E-state index is -0.000811. The third-order valence-corrected chi connectivity index (χ3v) is 4.51. The predicted molar refractivity (Wildman–Crippen MR) is 75.2 cm³/mol. The van der Waals surface area contributed by atoms with Crippen LogP contribution in [0.25, 0.3) is 0 Å². The van der Waals surface area contributed by atoms with Crippen LogP contribution < -0.4 is 0 Å². The van der Waals surface area contributed by atoms with Crippen molar-refractivity contribution in [2.75, 3.05) is 26.7 Å². The van der Waals surface area contributed by atoms with E-state index < -0.39 is 0 Å². The lowest BCUT2D eigenvalue weighted by atomic mass is 9.98. The number of ether oxygens (including phenoxy) is 1. The molecule has 3 heterocycles. The minimum absolute atomic E-state index is 0.000811. The van der Waals surface area contributed by atoms with Crippen LogP contribution >= 0.6 is 0 Å². The van der Waals surface area contributed by atoms with E-state index >= 15 is 0 Å². The number of fused-ring (bicyclic) bond motifs is 1. The number of hydrogen-bond acceptors (Lipinski definition) is 4. The van der Waals surface area contributed by atoms with Crippen molar-refractivity contribution >= 4 is 5.97 Å². The molecule has 3 rings (SSSR count). The van der Waals surface area contributed by atoms with Crippen molar-refractivity contribution < 1.29 is 9.53 Å². The van der Waals surface area contributed by atoms with Crippen LogP contribution in [0.1, 0.15) is 25.1 Å². The standard InChI is InChI=1S/C15H23N3O2/c1-17(7-4-13-5-9-20-15(13)19)10-12-2-3-14-16-6-8-18(14)11-12/h6,8,12-13H,2-5,7,9-11H2,1H3/t12-,13-/m1/s1. The number of nitrogens with zero attached hydrogens (tertiary/aromatic N) is 3. The summed E-state index contributed by atoms with van der Waals surface area (Å²) in [6.45, 7) is 3.76. The van der Waals surface area contributed by atoms with Crippen molar-refractivity contribution in [2.45, 2.75) is 32.2 Å². The maximum absolute atomic E-state index is 11.4. The van der Waals surface area contributed by atoms with Crippen molar-refractivity contribution in [2.24, 2.45) is 11.8 Å². The Morgan fingerprint density at radius 3 is 3.20 bits per heavy atom. The third-order valence-electron chi connectivity index (χ3n) is 4.51. The Bertz CT molecular complexity index is 471. The molecule has 1 saturated heterocycles. The van der Waals surface area contributed by atoms with Gasteiger partial charge in [-0.25, -0.2) is 4.98 Å². The first-order valence-corrected chi connectivity index (χ1v) is 7.57. The van der Waals surface area contributed by atoms with Crippen LogP contribution in [0.3, 0.4) is 0 Å². The number of rotatable bonds is 5. The minimum Gasteiger partial charge on any atom is -0.465 e. The summed E-state index contributed by atoms with van der Waals surface area (Å²) in [5, 5.41) is 0. The molecule has 0 bridgehead atoms. The van der Waals surface area contributed by atoms with Gasteiger partial charge in [-0.3, -0.25) is 4.79 Å². The molecule has 5 heteroatoms. The van der Waals surface area contributed by atoms with E-state index in [9.17, 15) is 4.79 Å². The van der Waals surface area contributed by atoms with Crippen LogP contribution in [0.5, 0.6) is 0 Å². The molecule has 20 heavy (non-hydrogen) atoms. The molecule has 0 radical (unpaired) electrons. The highest BCUT2D eigenvalue weighted by atomic mass is 16.5. The zero-order valence-electron chi connectivity index (χ0n) is 12.1. The summed E-state index contributed by atoms with van der Waals surface area (Å²) in [6, 6.07) is 0. The number of esters is 1. The lowest BCUT2D eigenvalue weighted by Gasteiger charge is -2.28. The molecule has 2 aliphatic rings. The quantitative estimate of drug-likeness (QED) is 0.762. The predicted octanol–water partition coefficient (Wildman–Crippen LogP) is 1.33. The van der Waals surface area contributed by atoms with Crippen molar-refractivity contribution in [3.8, 4) is 0 Å². The maximum Gasteiger partial charge on any atom is 0.309 e. The fourth-order valence-electron chi connectivity index (χ4n) is 3.29. The molecule has 0 aromatic carbocycles. The highest BCUT2D eigenvalue weighted by molar-refractivity contribution is 5.74. The molecular formula is C15H23N3O2. The lowest BCUT2D eigenvalue weighted by Crippen LogP contribution is -2.33. The normalized spacial score (nSPS) is 25.8. The van der Waals surface area contributed by atoms with Crippen LogP contribution in [0, 0.1) is 11.8 Å². The molecular weight excluding hydrogens is 254 g/mol. The molecule has 1 fully saturated rings. The van der Waals surface area contributed by atoms with Gasteiger partial charge in [-0.1, -0.05) is 0 Å². The van der Waals surface area contributed by atoms with E-state index in [1.54, 1.807) is 0 Å². The topological polar surface area (TPSA) is 47.4 Å². The number of aromatic nitrogens is 2. The molecule has 1 aromatic heterocycles. The van der Waals surface area contributed by atoms with Crippen molar-refractivity contribution in [3.05, 3.63) is 18.2 Å². The van der Waals surface area contributed by atoms with Gasteiger partial charge >= 0.3 is 5.97 Å². The Morgan fingerprint density at radius 2 is 2.40 bits per heavy atom. The fraction of sp³-hybridized carbons (Fsp3) is 0.733. The number of carbonyl (C=O) groups is 1. The van der Waals surface area contributed by atoms with Crippen LogP contribution in [0.4, 0.5) is 0 Å². The molecule has 1 aromatic rings. The van der Waals surface area contributed by atoms with Gasteiger partial charge < -0.3 is 14.2 Å². The zero-order chi connectivity index (χ0) is 13.9. The molecule has 0 unspecified atom stereocenters. The van der Waals surface area contributed by atoms with Gasteiger partial charge in [0, 0.05) is 31.9 Å². The molecule has 0 spiro atoms. The summed E-state index contributed by atoms with van der Waals surface area (Å²) in [7, 11) is 2.16. The van der Waals surface area contributed by atoms with Crippen molar-refractivity contribution in [1.82, 2.24) is 14.5 Å². The number of imidazole rings is 1. The zero-order valence-corrected chi connectivity index (χ0v) is 12.1. The number of cyclic esters (lactones) is 1. The van der Waals surface area contributed by atoms with Gasteiger partial charge in [0.05, 0.1) is 12.5 Å². The van der Waals surface area contributed by atoms with Crippen LogP contribution in [0.15, 0.2) is 12.4 Å². The Kier molecular flexibility index (Phi) is 4.05. The monoisotopic (exact) mass is 277 g/mol. The summed E-state index contributed by atoms with van der Waals surface area (Å²) in [5.41, 5.74) is 0. The van der Waals surface area contributed by atoms with Gasteiger partial charge in [-0.2, -0.15) is 0 Å². The van der Waals surface area contributed by atoms with E-state index in [1.165, 1.54) is 12.2 Å². The van der Waals surface area contributed by atoms with Crippen LogP contribution in [-0.2, 0) is 22.5 Å². The summed E-state index contributed by atoms with van der Waals surface area (Å²) in [6.07, 6.45) is 8.10. The summed E-state index contributed by atoms with van der Waals surface area (Å²) >= 11 is 0. The molecule has 2 atom stereocenters. The second kappa shape index (κ2) is 5.95. The second-order valence-electron chi connectivity index (χ2n) is 6.10. The first-order chi connectivity index (χ1) is 9.72. The molecule has 2 aliphatic heterocycles. The van der Waals surface area contributed by atoms with Crippen molar-refractivity contribution in [3.63, 3.8) is 0 Å². The summed E-state index contributed by atoms with van der Waals surface area (Å²) in [5.74, 6) is 2.04. The van der Waals surface area contributed by atoms with E-state index in [-0.39, 0.29) is 11.9 Å². The fourth-order valence-corrected chi connectivity index (χ4v) is 3.29. The van der Waals surface area contributed by atoms with E-state index in [2.05, 4.69) is 27.7 Å². The first kappa shape index (κ1) is 13.6. The van der Waals surface area contributed by atoms with Gasteiger partial charge in [0.2, 0.25) is 0 Å². The smallest absolute Gasteiger partial charge is 0.309 e. The Hall–Kier alpha value is -1.36. The number of hydrogen-bond donors (Lipinski definition) is 0. The number of aryl methyl sites for hydroxylation is 1. The number of carbonyl (C=O) groups excluding carboxylic acids is 1. The van der Waals surface area contributed by atoms with E-state index in [0.29, 0.717) is 12.5 Å². The van der Waals surface area contributed by atoms with Gasteiger partial charge in [0.1, 0.15) is 5.82 Å². The molecule has 5 nitrogen and oxygen atoms in total. The highest BCUT2D eigenvalue weighted by Gasteiger charge is 2.27. The van der Waals surface area contributed by atoms with E-state index in [4.69, 9.17) is 4.74 Å². The largest absolute Gasteiger partial charge is 0.465 e. The summed E-state index contributed by atoms with van der Waals surface area (Å²) in [4.78, 5) is 18.2. The molecule has 0 amide bonds. The third kappa shape index (κ3) is 3.03. The van der Waals surface area contributed by atoms with Crippen molar-refractivity contribution in [1.29, 1.82) is 0 Å². The average Bonchev–Trinajstić information content (AvgIpc) is 3.04. The van der Waals surface area contributed by atoms with E-state index in [1.807, 2.05) is 6.20 Å². The van der Waals surface area contributed by atoms with Gasteiger partial charge in [-0.15, -0.1) is 0 Å². The first-order valence-electron chi connectivity index (χ1n) is 7.57. The second-order valence-corrected chi connectivity index (χ2v) is 6.10. The summed E-state index contributed by atoms with van der Waals surface area (Å²) < 4.78 is 7.28. The Labute approximate surface area is 119 Å². The van der Waals surface area contributed by atoms with Gasteiger partial charge in [0.15, 0.2) is 0 Å². The SMILES string of the molecule is CN(CC[C@@H]1CCOC1=O)C[C@H]1CCc2nccn2C1. The van der Waals surface area contributed by atoms with Crippen LogP contribution in [-0.4, -0.2) is 47.2 Å².